The van der Waals surface area contributed by atoms with E-state index >= 15 is 0 Å². The Morgan fingerprint density at radius 3 is 2.44 bits per heavy atom. The average molecular weight is 237 g/mol. The molecule has 1 fully saturated rings. The zero-order valence-electron chi connectivity index (χ0n) is 10.3. The molecule has 0 N–H and O–H groups in total. The Kier molecular flexibility index (Phi) is 4.65. The normalized spacial score (nSPS) is 30.4. The van der Waals surface area contributed by atoms with Crippen molar-refractivity contribution in [2.45, 2.75) is 39.8 Å². The first-order chi connectivity index (χ1) is 7.33. The van der Waals surface area contributed by atoms with Gasteiger partial charge < -0.3 is 0 Å². The van der Waals surface area contributed by atoms with Crippen molar-refractivity contribution in [3.05, 3.63) is 0 Å². The van der Waals surface area contributed by atoms with Gasteiger partial charge in [0.1, 0.15) is 0 Å². The molecular formula is C12H22F3N. The van der Waals surface area contributed by atoms with Crippen LogP contribution in [-0.4, -0.2) is 30.7 Å². The number of hydrogen-bond donors (Lipinski definition) is 0. The number of alkyl halides is 3. The summed E-state index contributed by atoms with van der Waals surface area (Å²) in [6.45, 7) is 6.89. The van der Waals surface area contributed by atoms with Gasteiger partial charge in [-0.15, -0.1) is 0 Å². The number of rotatable bonds is 3. The van der Waals surface area contributed by atoms with Gasteiger partial charge in [0.15, 0.2) is 0 Å². The van der Waals surface area contributed by atoms with Crippen LogP contribution in [-0.2, 0) is 0 Å². The number of piperidine rings is 1. The smallest absolute Gasteiger partial charge is 0.295 e. The molecule has 0 spiro atoms. The molecule has 0 radical (unpaired) electrons. The Bertz CT molecular complexity index is 215. The summed E-state index contributed by atoms with van der Waals surface area (Å²) >= 11 is 0. The standard InChI is InChI=1S/C12H22F3N/c1-4-9(2)11-5-6-16(7-10(11)3)8-12(13,14)15/h9-11H,4-8H2,1-3H3. The van der Waals surface area contributed by atoms with Crippen molar-refractivity contribution in [1.82, 2.24) is 4.90 Å². The van der Waals surface area contributed by atoms with Crippen molar-refractivity contribution in [3.8, 4) is 0 Å². The zero-order valence-corrected chi connectivity index (χ0v) is 10.3. The van der Waals surface area contributed by atoms with Crippen LogP contribution in [0.1, 0.15) is 33.6 Å². The fourth-order valence-corrected chi connectivity index (χ4v) is 2.80. The largest absolute Gasteiger partial charge is 0.401 e. The van der Waals surface area contributed by atoms with Gasteiger partial charge in [-0.25, -0.2) is 0 Å². The maximum Gasteiger partial charge on any atom is 0.401 e. The van der Waals surface area contributed by atoms with E-state index in [2.05, 4.69) is 20.8 Å². The van der Waals surface area contributed by atoms with Gasteiger partial charge in [-0.2, -0.15) is 13.2 Å². The molecule has 0 amide bonds. The molecule has 3 unspecified atom stereocenters. The fourth-order valence-electron chi connectivity index (χ4n) is 2.80. The van der Waals surface area contributed by atoms with Crippen LogP contribution in [0.5, 0.6) is 0 Å². The molecule has 4 heteroatoms. The second kappa shape index (κ2) is 5.39. The lowest BCUT2D eigenvalue weighted by atomic mass is 9.77. The van der Waals surface area contributed by atoms with E-state index in [0.717, 1.165) is 12.8 Å². The minimum atomic E-state index is -4.05. The number of likely N-dealkylation sites (tertiary alicyclic amines) is 1. The lowest BCUT2D eigenvalue weighted by Crippen LogP contribution is -2.45. The Morgan fingerprint density at radius 2 is 2.00 bits per heavy atom. The summed E-state index contributed by atoms with van der Waals surface area (Å²) in [6, 6.07) is 0. The second-order valence-electron chi connectivity index (χ2n) is 5.17. The third kappa shape index (κ3) is 3.96. The first-order valence-electron chi connectivity index (χ1n) is 6.12. The van der Waals surface area contributed by atoms with Gasteiger partial charge in [-0.05, 0) is 30.7 Å². The summed E-state index contributed by atoms with van der Waals surface area (Å²) in [5.74, 6) is 1.60. The fraction of sp³-hybridized carbons (Fsp3) is 1.00. The molecule has 0 saturated carbocycles. The highest BCUT2D eigenvalue weighted by Crippen LogP contribution is 2.32. The summed E-state index contributed by atoms with van der Waals surface area (Å²) in [6.07, 6.45) is -2.02. The maximum absolute atomic E-state index is 12.2. The summed E-state index contributed by atoms with van der Waals surface area (Å²) in [4.78, 5) is 1.55. The highest BCUT2D eigenvalue weighted by atomic mass is 19.4. The molecule has 1 nitrogen and oxygen atoms in total. The van der Waals surface area contributed by atoms with Crippen molar-refractivity contribution in [2.75, 3.05) is 19.6 Å². The highest BCUT2D eigenvalue weighted by molar-refractivity contribution is 4.81. The van der Waals surface area contributed by atoms with Crippen molar-refractivity contribution in [3.63, 3.8) is 0 Å². The lowest BCUT2D eigenvalue weighted by Gasteiger charge is -2.39. The molecule has 0 aromatic heterocycles. The monoisotopic (exact) mass is 237 g/mol. The Hall–Kier alpha value is -0.250. The summed E-state index contributed by atoms with van der Waals surface area (Å²) < 4.78 is 36.7. The van der Waals surface area contributed by atoms with Crippen LogP contribution in [0.3, 0.4) is 0 Å². The minimum Gasteiger partial charge on any atom is -0.295 e. The Labute approximate surface area is 96.0 Å². The number of hydrogen-bond acceptors (Lipinski definition) is 1. The maximum atomic E-state index is 12.2. The molecule has 1 heterocycles. The lowest BCUT2D eigenvalue weighted by molar-refractivity contribution is -0.151. The molecular weight excluding hydrogens is 215 g/mol. The summed E-state index contributed by atoms with van der Waals surface area (Å²) in [5.41, 5.74) is 0. The second-order valence-corrected chi connectivity index (χ2v) is 5.17. The average Bonchev–Trinajstić information content (AvgIpc) is 2.14. The highest BCUT2D eigenvalue weighted by Gasteiger charge is 2.35. The van der Waals surface area contributed by atoms with E-state index in [9.17, 15) is 13.2 Å². The van der Waals surface area contributed by atoms with E-state index in [1.807, 2.05) is 0 Å². The SMILES string of the molecule is CCC(C)C1CCN(CC(F)(F)F)CC1C. The van der Waals surface area contributed by atoms with Crippen molar-refractivity contribution < 1.29 is 13.2 Å². The Balaban J connectivity index is 2.45. The molecule has 1 aliphatic rings. The van der Waals surface area contributed by atoms with Crippen LogP contribution < -0.4 is 0 Å². The van der Waals surface area contributed by atoms with E-state index in [0.29, 0.717) is 30.8 Å². The third-order valence-electron chi connectivity index (χ3n) is 3.83. The van der Waals surface area contributed by atoms with Crippen LogP contribution in [0.15, 0.2) is 0 Å². The predicted molar refractivity (Wildman–Crippen MR) is 59.2 cm³/mol. The third-order valence-corrected chi connectivity index (χ3v) is 3.83. The quantitative estimate of drug-likeness (QED) is 0.725. The van der Waals surface area contributed by atoms with Gasteiger partial charge in [-0.3, -0.25) is 4.90 Å². The van der Waals surface area contributed by atoms with Crippen molar-refractivity contribution in [2.24, 2.45) is 17.8 Å². The van der Waals surface area contributed by atoms with Gasteiger partial charge in [-0.1, -0.05) is 27.2 Å². The molecule has 0 aromatic carbocycles. The Morgan fingerprint density at radius 1 is 1.38 bits per heavy atom. The predicted octanol–water partition coefficient (Wildman–Crippen LogP) is 3.55. The van der Waals surface area contributed by atoms with Crippen LogP contribution in [0.2, 0.25) is 0 Å². The molecule has 1 aliphatic heterocycles. The molecule has 3 atom stereocenters. The van der Waals surface area contributed by atoms with Crippen molar-refractivity contribution >= 4 is 0 Å². The topological polar surface area (TPSA) is 3.24 Å². The molecule has 0 bridgehead atoms. The van der Waals surface area contributed by atoms with Crippen molar-refractivity contribution in [1.29, 1.82) is 0 Å². The molecule has 1 rings (SSSR count). The first kappa shape index (κ1) is 13.8. The van der Waals surface area contributed by atoms with E-state index in [1.54, 1.807) is 4.90 Å². The number of nitrogens with zero attached hydrogens (tertiary/aromatic N) is 1. The molecule has 1 saturated heterocycles. The number of halogens is 3. The molecule has 96 valence electrons. The van der Waals surface area contributed by atoms with Gasteiger partial charge >= 0.3 is 6.18 Å². The van der Waals surface area contributed by atoms with Gasteiger partial charge in [0.25, 0.3) is 0 Å². The van der Waals surface area contributed by atoms with Gasteiger partial charge in [0, 0.05) is 6.54 Å². The van der Waals surface area contributed by atoms with Gasteiger partial charge in [0.05, 0.1) is 6.54 Å². The zero-order chi connectivity index (χ0) is 12.3. The van der Waals surface area contributed by atoms with E-state index in [4.69, 9.17) is 0 Å². The molecule has 0 aliphatic carbocycles. The van der Waals surface area contributed by atoms with E-state index in [1.165, 1.54) is 0 Å². The van der Waals surface area contributed by atoms with Gasteiger partial charge in [0.2, 0.25) is 0 Å². The van der Waals surface area contributed by atoms with E-state index < -0.39 is 12.7 Å². The van der Waals surface area contributed by atoms with Crippen LogP contribution in [0.4, 0.5) is 13.2 Å². The summed E-state index contributed by atoms with van der Waals surface area (Å²) in [5, 5.41) is 0. The summed E-state index contributed by atoms with van der Waals surface area (Å²) in [7, 11) is 0. The molecule has 0 aromatic rings. The van der Waals surface area contributed by atoms with Crippen LogP contribution in [0.25, 0.3) is 0 Å². The minimum absolute atomic E-state index is 0.381. The van der Waals surface area contributed by atoms with Crippen LogP contribution in [0, 0.1) is 17.8 Å². The van der Waals surface area contributed by atoms with E-state index in [-0.39, 0.29) is 0 Å². The first-order valence-corrected chi connectivity index (χ1v) is 6.12. The van der Waals surface area contributed by atoms with Crippen LogP contribution >= 0.6 is 0 Å². The molecule has 16 heavy (non-hydrogen) atoms.